The van der Waals surface area contributed by atoms with Crippen LogP contribution in [0.4, 0.5) is 4.39 Å². The van der Waals surface area contributed by atoms with Gasteiger partial charge in [-0.2, -0.15) is 5.26 Å². The fourth-order valence-corrected chi connectivity index (χ4v) is 6.14. The number of nitrogens with zero attached hydrogens (tertiary/aromatic N) is 6. The highest BCUT2D eigenvalue weighted by atomic mass is 32.1. The molecule has 1 atom stereocenters. The number of thiazole rings is 1. The van der Waals surface area contributed by atoms with E-state index in [1.165, 1.54) is 6.07 Å². The van der Waals surface area contributed by atoms with Gasteiger partial charge >= 0.3 is 5.97 Å². The largest absolute Gasteiger partial charge is 0.476 e. The molecule has 0 amide bonds. The van der Waals surface area contributed by atoms with Crippen molar-refractivity contribution in [2.45, 2.75) is 57.4 Å². The van der Waals surface area contributed by atoms with Gasteiger partial charge in [-0.15, -0.1) is 0 Å². The molecule has 0 aliphatic carbocycles. The number of benzene rings is 1. The van der Waals surface area contributed by atoms with E-state index in [0.29, 0.717) is 30.2 Å². The number of carboxylic acid groups (broad SMARTS) is 1. The fraction of sp³-hybridized carbons (Fsp3) is 0.414. The van der Waals surface area contributed by atoms with Crippen molar-refractivity contribution in [2.24, 2.45) is 0 Å². The van der Waals surface area contributed by atoms with Crippen molar-refractivity contribution < 1.29 is 23.8 Å². The molecule has 3 aromatic heterocycles. The zero-order chi connectivity index (χ0) is 28.6. The second-order valence-electron chi connectivity index (χ2n) is 10.8. The highest BCUT2D eigenvalue weighted by molar-refractivity contribution is 7.19. The Balaban J connectivity index is 1.11. The number of nitriles is 1. The molecular formula is C29H29FN6O4S. The van der Waals surface area contributed by atoms with Crippen molar-refractivity contribution in [3.8, 4) is 11.9 Å². The van der Waals surface area contributed by atoms with Gasteiger partial charge in [-0.05, 0) is 50.6 Å². The van der Waals surface area contributed by atoms with Crippen molar-refractivity contribution in [1.29, 1.82) is 5.26 Å². The third-order valence-electron chi connectivity index (χ3n) is 7.97. The number of likely N-dealkylation sites (tertiary alicyclic amines) is 1. The van der Waals surface area contributed by atoms with Crippen molar-refractivity contribution >= 4 is 27.8 Å². The Labute approximate surface area is 240 Å². The number of piperidine rings is 1. The van der Waals surface area contributed by atoms with E-state index in [1.807, 2.05) is 18.2 Å². The molecule has 6 rings (SSSR count). The predicted octanol–water partition coefficient (Wildman–Crippen LogP) is 4.52. The first-order valence-corrected chi connectivity index (χ1v) is 14.3. The summed E-state index contributed by atoms with van der Waals surface area (Å²) in [5, 5.41) is 18.4. The summed E-state index contributed by atoms with van der Waals surface area (Å²) in [4.78, 5) is 28.3. The van der Waals surface area contributed by atoms with Crippen LogP contribution in [0, 0.1) is 17.1 Å². The summed E-state index contributed by atoms with van der Waals surface area (Å²) in [7, 11) is 0. The van der Waals surface area contributed by atoms with E-state index < -0.39 is 11.8 Å². The van der Waals surface area contributed by atoms with Gasteiger partial charge in [0.05, 0.1) is 36.5 Å². The first kappa shape index (κ1) is 27.3. The van der Waals surface area contributed by atoms with Crippen LogP contribution in [0.2, 0.25) is 0 Å². The number of carboxylic acids is 1. The smallest absolute Gasteiger partial charge is 0.365 e. The van der Waals surface area contributed by atoms with Crippen molar-refractivity contribution in [1.82, 2.24) is 24.4 Å². The lowest BCUT2D eigenvalue weighted by atomic mass is 9.77. The third kappa shape index (κ3) is 5.66. The molecule has 0 unspecified atom stereocenters. The van der Waals surface area contributed by atoms with Gasteiger partial charge in [0, 0.05) is 23.7 Å². The van der Waals surface area contributed by atoms with Crippen LogP contribution < -0.4 is 4.74 Å². The molecule has 2 aliphatic rings. The third-order valence-corrected chi connectivity index (χ3v) is 9.03. The fourth-order valence-electron chi connectivity index (χ4n) is 5.26. The minimum absolute atomic E-state index is 0.0251. The lowest BCUT2D eigenvalue weighted by Crippen LogP contribution is -2.41. The second kappa shape index (κ2) is 11.2. The normalized spacial score (nSPS) is 18.6. The maximum atomic E-state index is 14.3. The first-order valence-electron chi connectivity index (χ1n) is 13.5. The van der Waals surface area contributed by atoms with E-state index in [0.717, 1.165) is 66.6 Å². The summed E-state index contributed by atoms with van der Waals surface area (Å²) in [5.41, 5.74) is 1.90. The molecule has 4 aromatic rings. The quantitative estimate of drug-likeness (QED) is 0.306. The van der Waals surface area contributed by atoms with Gasteiger partial charge < -0.3 is 19.1 Å². The number of ether oxygens (including phenoxy) is 2. The number of aromatic carboxylic acids is 1. The molecule has 0 saturated carbocycles. The summed E-state index contributed by atoms with van der Waals surface area (Å²) in [6.07, 6.45) is 2.86. The maximum absolute atomic E-state index is 14.3. The molecule has 5 heterocycles. The van der Waals surface area contributed by atoms with E-state index in [9.17, 15) is 14.3 Å². The SMILES string of the molecule is CC1(c2cccc(OCc3ccc(C#N)cc3F)n2)CCN(Cc2nc3nc(C(=O)O)sc3n2C[C@@H]2CCO2)CC1. The number of rotatable bonds is 9. The molecule has 212 valence electrons. The first-order chi connectivity index (χ1) is 19.8. The molecule has 2 fully saturated rings. The van der Waals surface area contributed by atoms with Gasteiger partial charge in [-0.3, -0.25) is 4.90 Å². The summed E-state index contributed by atoms with van der Waals surface area (Å²) in [6.45, 7) is 5.94. The van der Waals surface area contributed by atoms with Gasteiger partial charge in [-0.25, -0.2) is 24.1 Å². The van der Waals surface area contributed by atoms with E-state index in [4.69, 9.17) is 24.7 Å². The predicted molar refractivity (Wildman–Crippen MR) is 148 cm³/mol. The number of hydrogen-bond donors (Lipinski definition) is 1. The Morgan fingerprint density at radius 2 is 2.07 bits per heavy atom. The van der Waals surface area contributed by atoms with Crippen LogP contribution in [0.25, 0.3) is 10.5 Å². The van der Waals surface area contributed by atoms with Crippen LogP contribution >= 0.6 is 11.3 Å². The maximum Gasteiger partial charge on any atom is 0.365 e. The second-order valence-corrected chi connectivity index (χ2v) is 11.8. The minimum Gasteiger partial charge on any atom is -0.476 e. The molecule has 0 bridgehead atoms. The van der Waals surface area contributed by atoms with Crippen LogP contribution in [-0.2, 0) is 29.8 Å². The molecule has 41 heavy (non-hydrogen) atoms. The highest BCUT2D eigenvalue weighted by Gasteiger charge is 2.34. The number of imidazole rings is 1. The van der Waals surface area contributed by atoms with E-state index in [1.54, 1.807) is 18.2 Å². The molecule has 10 nitrogen and oxygen atoms in total. The average Bonchev–Trinajstić information content (AvgIpc) is 3.50. The molecule has 0 spiro atoms. The lowest BCUT2D eigenvalue weighted by Gasteiger charge is -2.39. The Morgan fingerprint density at radius 3 is 2.76 bits per heavy atom. The molecular weight excluding hydrogens is 547 g/mol. The van der Waals surface area contributed by atoms with Gasteiger partial charge in [0.1, 0.15) is 23.1 Å². The number of aromatic nitrogens is 4. The van der Waals surface area contributed by atoms with Crippen LogP contribution in [0.3, 0.4) is 0 Å². The van der Waals surface area contributed by atoms with E-state index >= 15 is 0 Å². The van der Waals surface area contributed by atoms with Crippen molar-refractivity contribution in [2.75, 3.05) is 19.7 Å². The van der Waals surface area contributed by atoms with E-state index in [-0.39, 0.29) is 28.7 Å². The zero-order valence-electron chi connectivity index (χ0n) is 22.5. The van der Waals surface area contributed by atoms with Crippen molar-refractivity contribution in [3.05, 3.63) is 69.9 Å². The topological polar surface area (TPSA) is 126 Å². The van der Waals surface area contributed by atoms with Crippen LogP contribution in [0.1, 0.15) is 58.6 Å². The standard InChI is InChI=1S/C29H29FN6O4S/c1-29(22-3-2-4-24(32-22)40-17-19-6-5-18(14-31)13-21(19)30)8-10-35(11-9-29)16-23-33-25-27(41-26(34-25)28(37)38)36(23)15-20-7-12-39-20/h2-6,13,20H,7-12,15-17H2,1H3,(H,37,38)/t20-/m0/s1. The minimum atomic E-state index is -1.04. The highest BCUT2D eigenvalue weighted by Crippen LogP contribution is 2.36. The van der Waals surface area contributed by atoms with Crippen LogP contribution in [-0.4, -0.2) is 61.3 Å². The summed E-state index contributed by atoms with van der Waals surface area (Å²) >= 11 is 1.16. The Kier molecular flexibility index (Phi) is 7.42. The van der Waals surface area contributed by atoms with Crippen LogP contribution in [0.5, 0.6) is 5.88 Å². The zero-order valence-corrected chi connectivity index (χ0v) is 23.4. The lowest BCUT2D eigenvalue weighted by molar-refractivity contribution is -0.0591. The van der Waals surface area contributed by atoms with Gasteiger partial charge in [0.15, 0.2) is 5.65 Å². The molecule has 0 radical (unpaired) electrons. The van der Waals surface area contributed by atoms with Gasteiger partial charge in [-0.1, -0.05) is 30.4 Å². The van der Waals surface area contributed by atoms with E-state index in [2.05, 4.69) is 21.4 Å². The number of fused-ring (bicyclic) bond motifs is 1. The molecule has 2 saturated heterocycles. The number of halogens is 1. The Hall–Kier alpha value is -3.92. The number of carbonyl (C=O) groups is 1. The molecule has 1 aromatic carbocycles. The summed E-state index contributed by atoms with van der Waals surface area (Å²) < 4.78 is 27.8. The van der Waals surface area contributed by atoms with Gasteiger partial charge in [0.2, 0.25) is 10.9 Å². The van der Waals surface area contributed by atoms with Crippen molar-refractivity contribution in [3.63, 3.8) is 0 Å². The van der Waals surface area contributed by atoms with Gasteiger partial charge in [0.25, 0.3) is 0 Å². The molecule has 12 heteroatoms. The summed E-state index contributed by atoms with van der Waals surface area (Å²) in [5.74, 6) is -0.207. The Bertz CT molecular complexity index is 1630. The monoisotopic (exact) mass is 576 g/mol. The van der Waals surface area contributed by atoms with Crippen LogP contribution in [0.15, 0.2) is 36.4 Å². The molecule has 2 aliphatic heterocycles. The Morgan fingerprint density at radius 1 is 1.27 bits per heavy atom. The average molecular weight is 577 g/mol. The summed E-state index contributed by atoms with van der Waals surface area (Å²) in [6, 6.07) is 12.0. The number of pyridine rings is 1. The number of hydrogen-bond acceptors (Lipinski definition) is 9. The molecule has 1 N–H and O–H groups in total.